The second-order valence-corrected chi connectivity index (χ2v) is 7.47. The minimum Gasteiger partial charge on any atom is -0.488 e. The predicted octanol–water partition coefficient (Wildman–Crippen LogP) is 1.94. The summed E-state index contributed by atoms with van der Waals surface area (Å²) in [6.07, 6.45) is 0.737. The third-order valence-electron chi connectivity index (χ3n) is 4.06. The van der Waals surface area contributed by atoms with Gasteiger partial charge in [0.15, 0.2) is 5.25 Å². The van der Waals surface area contributed by atoms with E-state index in [0.29, 0.717) is 6.42 Å². The molecule has 1 heterocycles. The van der Waals surface area contributed by atoms with Crippen molar-refractivity contribution in [1.29, 1.82) is 5.26 Å². The standard InChI is InChI=1S/C15H20N2O3S/c1-4-13(10-16)21(18,19)17(3)11(2)15-9-12-7-5-6-8-14(12)20-15/h5-8,11,13,15H,4,9H2,1-3H3/t11-,13-,15+/m1/s1. The van der Waals surface area contributed by atoms with Crippen LogP contribution in [0.2, 0.25) is 0 Å². The lowest BCUT2D eigenvalue weighted by Crippen LogP contribution is -2.47. The van der Waals surface area contributed by atoms with Gasteiger partial charge in [0, 0.05) is 13.5 Å². The molecule has 114 valence electrons. The van der Waals surface area contributed by atoms with Crippen LogP contribution in [0.3, 0.4) is 0 Å². The molecule has 3 atom stereocenters. The van der Waals surface area contributed by atoms with Crippen LogP contribution in [-0.2, 0) is 16.4 Å². The zero-order valence-electron chi connectivity index (χ0n) is 12.5. The van der Waals surface area contributed by atoms with Crippen LogP contribution in [0.15, 0.2) is 24.3 Å². The van der Waals surface area contributed by atoms with Crippen LogP contribution in [0.5, 0.6) is 5.75 Å². The summed E-state index contributed by atoms with van der Waals surface area (Å²) in [5, 5.41) is 8.01. The lowest BCUT2D eigenvalue weighted by atomic mass is 10.1. The van der Waals surface area contributed by atoms with Gasteiger partial charge in [-0.25, -0.2) is 8.42 Å². The van der Waals surface area contributed by atoms with E-state index in [9.17, 15) is 8.42 Å². The van der Waals surface area contributed by atoms with Crippen molar-refractivity contribution in [2.75, 3.05) is 7.05 Å². The highest BCUT2D eigenvalue weighted by molar-refractivity contribution is 7.90. The van der Waals surface area contributed by atoms with E-state index >= 15 is 0 Å². The Morgan fingerprint density at radius 2 is 2.14 bits per heavy atom. The smallest absolute Gasteiger partial charge is 0.230 e. The molecule has 21 heavy (non-hydrogen) atoms. The normalized spacial score (nSPS) is 20.4. The van der Waals surface area contributed by atoms with Crippen molar-refractivity contribution in [3.63, 3.8) is 0 Å². The van der Waals surface area contributed by atoms with Crippen LogP contribution < -0.4 is 4.74 Å². The number of hydrogen-bond donors (Lipinski definition) is 0. The molecule has 6 heteroatoms. The Bertz CT molecular complexity index is 626. The average molecular weight is 308 g/mol. The van der Waals surface area contributed by atoms with Crippen LogP contribution in [0.25, 0.3) is 0 Å². The van der Waals surface area contributed by atoms with E-state index < -0.39 is 15.3 Å². The van der Waals surface area contributed by atoms with Crippen molar-refractivity contribution in [3.05, 3.63) is 29.8 Å². The molecule has 2 rings (SSSR count). The van der Waals surface area contributed by atoms with Gasteiger partial charge in [-0.3, -0.25) is 0 Å². The van der Waals surface area contributed by atoms with Gasteiger partial charge >= 0.3 is 0 Å². The Morgan fingerprint density at radius 3 is 2.71 bits per heavy atom. The molecular formula is C15H20N2O3S. The summed E-state index contributed by atoms with van der Waals surface area (Å²) < 4.78 is 31.9. The molecule has 1 aliphatic rings. The second kappa shape index (κ2) is 6.04. The molecule has 0 aliphatic carbocycles. The largest absolute Gasteiger partial charge is 0.488 e. The highest BCUT2D eigenvalue weighted by Gasteiger charge is 2.37. The summed E-state index contributed by atoms with van der Waals surface area (Å²) in [4.78, 5) is 0. The summed E-state index contributed by atoms with van der Waals surface area (Å²) in [6.45, 7) is 3.52. The molecule has 0 aromatic heterocycles. The number of hydrogen-bond acceptors (Lipinski definition) is 4. The Morgan fingerprint density at radius 1 is 1.48 bits per heavy atom. The van der Waals surface area contributed by atoms with Crippen molar-refractivity contribution >= 4 is 10.0 Å². The first-order valence-electron chi connectivity index (χ1n) is 7.02. The first-order chi connectivity index (χ1) is 9.91. The number of sulfonamides is 1. The highest BCUT2D eigenvalue weighted by Crippen LogP contribution is 2.31. The molecule has 0 saturated carbocycles. The van der Waals surface area contributed by atoms with E-state index in [1.54, 1.807) is 6.92 Å². The van der Waals surface area contributed by atoms with Gasteiger partial charge < -0.3 is 4.74 Å². The fraction of sp³-hybridized carbons (Fsp3) is 0.533. The fourth-order valence-corrected chi connectivity index (χ4v) is 4.07. The lowest BCUT2D eigenvalue weighted by molar-refractivity contribution is 0.152. The highest BCUT2D eigenvalue weighted by atomic mass is 32.2. The topological polar surface area (TPSA) is 70.4 Å². The molecule has 0 fully saturated rings. The third-order valence-corrected chi connectivity index (χ3v) is 6.35. The minimum absolute atomic E-state index is 0.224. The quantitative estimate of drug-likeness (QED) is 0.833. The Kier molecular flexibility index (Phi) is 4.55. The molecule has 1 aromatic rings. The number of nitrogens with zero attached hydrogens (tertiary/aromatic N) is 2. The number of nitriles is 1. The molecule has 5 nitrogen and oxygen atoms in total. The van der Waals surface area contributed by atoms with E-state index in [2.05, 4.69) is 0 Å². The molecule has 0 unspecified atom stereocenters. The fourth-order valence-electron chi connectivity index (χ4n) is 2.51. The summed E-state index contributed by atoms with van der Waals surface area (Å²) in [5.74, 6) is 0.812. The van der Waals surface area contributed by atoms with Crippen molar-refractivity contribution in [3.8, 4) is 11.8 Å². The zero-order valence-corrected chi connectivity index (χ0v) is 13.3. The minimum atomic E-state index is -3.63. The van der Waals surface area contributed by atoms with Gasteiger partial charge in [0.25, 0.3) is 0 Å². The molecule has 0 saturated heterocycles. The van der Waals surface area contributed by atoms with Gasteiger partial charge in [0.1, 0.15) is 11.9 Å². The van der Waals surface area contributed by atoms with Gasteiger partial charge in [-0.05, 0) is 25.0 Å². The van der Waals surface area contributed by atoms with Gasteiger partial charge in [-0.2, -0.15) is 9.57 Å². The lowest BCUT2D eigenvalue weighted by Gasteiger charge is -2.29. The SMILES string of the molecule is CC[C@H](C#N)S(=O)(=O)N(C)[C@H](C)[C@@H]1Cc2ccccc2O1. The molecule has 0 amide bonds. The number of para-hydroxylation sites is 1. The summed E-state index contributed by atoms with van der Waals surface area (Å²) >= 11 is 0. The molecule has 0 radical (unpaired) electrons. The van der Waals surface area contributed by atoms with Crippen LogP contribution in [0.4, 0.5) is 0 Å². The van der Waals surface area contributed by atoms with Crippen LogP contribution >= 0.6 is 0 Å². The maximum Gasteiger partial charge on any atom is 0.230 e. The van der Waals surface area contributed by atoms with E-state index in [1.165, 1.54) is 11.4 Å². The molecule has 0 bridgehead atoms. The second-order valence-electron chi connectivity index (χ2n) is 5.30. The monoisotopic (exact) mass is 308 g/mol. The Balaban J connectivity index is 2.15. The number of rotatable bonds is 5. The van der Waals surface area contributed by atoms with Crippen molar-refractivity contribution in [2.24, 2.45) is 0 Å². The van der Waals surface area contributed by atoms with Crippen LogP contribution in [-0.4, -0.2) is 37.2 Å². The number of likely N-dealkylation sites (N-methyl/N-ethyl adjacent to an activating group) is 1. The summed E-state index contributed by atoms with van der Waals surface area (Å²) in [5.41, 5.74) is 1.09. The van der Waals surface area contributed by atoms with E-state index in [-0.39, 0.29) is 18.6 Å². The van der Waals surface area contributed by atoms with E-state index in [0.717, 1.165) is 11.3 Å². The Labute approximate surface area is 126 Å². The predicted molar refractivity (Wildman–Crippen MR) is 80.4 cm³/mol. The maximum atomic E-state index is 12.4. The van der Waals surface area contributed by atoms with Crippen LogP contribution in [0.1, 0.15) is 25.8 Å². The maximum absolute atomic E-state index is 12.4. The first kappa shape index (κ1) is 15.8. The van der Waals surface area contributed by atoms with Gasteiger partial charge in [-0.15, -0.1) is 0 Å². The zero-order chi connectivity index (χ0) is 15.6. The van der Waals surface area contributed by atoms with Crippen molar-refractivity contribution < 1.29 is 13.2 Å². The molecular weight excluding hydrogens is 288 g/mol. The summed E-state index contributed by atoms with van der Waals surface area (Å²) in [7, 11) is -2.11. The van der Waals surface area contributed by atoms with Crippen molar-refractivity contribution in [2.45, 2.75) is 44.1 Å². The molecule has 1 aromatic carbocycles. The molecule has 0 spiro atoms. The average Bonchev–Trinajstić information content (AvgIpc) is 2.90. The third kappa shape index (κ3) is 2.89. The van der Waals surface area contributed by atoms with E-state index in [4.69, 9.17) is 10.00 Å². The van der Waals surface area contributed by atoms with Crippen LogP contribution in [0, 0.1) is 11.3 Å². The Hall–Kier alpha value is -1.58. The van der Waals surface area contributed by atoms with Crippen molar-refractivity contribution in [1.82, 2.24) is 4.31 Å². The summed E-state index contributed by atoms with van der Waals surface area (Å²) in [6, 6.07) is 9.25. The number of fused-ring (bicyclic) bond motifs is 1. The number of benzene rings is 1. The van der Waals surface area contributed by atoms with E-state index in [1.807, 2.05) is 37.3 Å². The molecule has 0 N–H and O–H groups in total. The van der Waals surface area contributed by atoms with Gasteiger partial charge in [0.2, 0.25) is 10.0 Å². The molecule has 1 aliphatic heterocycles. The number of ether oxygens (including phenoxy) is 1. The first-order valence-corrected chi connectivity index (χ1v) is 8.53. The van der Waals surface area contributed by atoms with Gasteiger partial charge in [-0.1, -0.05) is 25.1 Å². The van der Waals surface area contributed by atoms with Gasteiger partial charge in [0.05, 0.1) is 12.1 Å².